The van der Waals surface area contributed by atoms with Crippen molar-refractivity contribution >= 4 is 35.2 Å². The number of carboxylic acids is 1. The number of aliphatic carboxylic acids is 1. The zero-order valence-corrected chi connectivity index (χ0v) is 16.8. The molecule has 1 unspecified atom stereocenters. The highest BCUT2D eigenvalue weighted by molar-refractivity contribution is 6.32. The molecule has 7 nitrogen and oxygen atoms in total. The zero-order valence-electron chi connectivity index (χ0n) is 16.0. The number of ether oxygens (including phenoxy) is 1. The average Bonchev–Trinajstić information content (AvgIpc) is 2.71. The number of methoxy groups -OCH3 is 1. The van der Waals surface area contributed by atoms with Gasteiger partial charge in [-0.05, 0) is 35.9 Å². The van der Waals surface area contributed by atoms with Gasteiger partial charge in [0.15, 0.2) is 5.92 Å². The number of benzene rings is 2. The van der Waals surface area contributed by atoms with E-state index in [1.54, 1.807) is 12.1 Å². The van der Waals surface area contributed by atoms with Crippen LogP contribution in [0.15, 0.2) is 42.5 Å². The summed E-state index contributed by atoms with van der Waals surface area (Å²) in [6.45, 7) is -1.04. The monoisotopic (exact) mass is 456 g/mol. The first-order valence-electron chi connectivity index (χ1n) is 8.89. The van der Waals surface area contributed by atoms with Gasteiger partial charge in [-0.2, -0.15) is 13.2 Å². The van der Waals surface area contributed by atoms with Gasteiger partial charge >= 0.3 is 18.2 Å². The van der Waals surface area contributed by atoms with Gasteiger partial charge in [-0.25, -0.2) is 4.79 Å². The minimum Gasteiger partial charge on any atom is -0.497 e. The Hall–Kier alpha value is -3.27. The lowest BCUT2D eigenvalue weighted by molar-refractivity contribution is -0.150. The number of carbonyl (C=O) groups excluding carboxylic acids is 2. The summed E-state index contributed by atoms with van der Waals surface area (Å²) in [5.74, 6) is -3.59. The van der Waals surface area contributed by atoms with E-state index in [0.717, 1.165) is 17.0 Å². The van der Waals surface area contributed by atoms with Crippen LogP contribution in [0.2, 0.25) is 5.02 Å². The molecule has 1 aliphatic rings. The molecule has 3 amide bonds. The first kappa shape index (κ1) is 22.4. The smallest absolute Gasteiger partial charge is 0.417 e. The second-order valence-corrected chi connectivity index (χ2v) is 7.06. The summed E-state index contributed by atoms with van der Waals surface area (Å²) in [6, 6.07) is 8.32. The number of anilines is 1. The van der Waals surface area contributed by atoms with Crippen molar-refractivity contribution in [1.82, 2.24) is 4.90 Å². The van der Waals surface area contributed by atoms with Gasteiger partial charge in [-0.15, -0.1) is 0 Å². The van der Waals surface area contributed by atoms with Gasteiger partial charge in [-0.1, -0.05) is 23.7 Å². The van der Waals surface area contributed by atoms with Crippen LogP contribution in [-0.2, 0) is 22.3 Å². The highest BCUT2D eigenvalue weighted by Crippen LogP contribution is 2.37. The van der Waals surface area contributed by atoms with E-state index in [1.165, 1.54) is 25.3 Å². The highest BCUT2D eigenvalue weighted by atomic mass is 35.5. The van der Waals surface area contributed by atoms with E-state index in [-0.39, 0.29) is 5.56 Å². The van der Waals surface area contributed by atoms with Crippen LogP contribution in [0.4, 0.5) is 23.7 Å². The Kier molecular flexibility index (Phi) is 6.12. The summed E-state index contributed by atoms with van der Waals surface area (Å²) in [5.41, 5.74) is -0.964. The first-order valence-corrected chi connectivity index (χ1v) is 9.26. The molecule has 3 rings (SSSR count). The lowest BCUT2D eigenvalue weighted by Crippen LogP contribution is -2.58. The van der Waals surface area contributed by atoms with Crippen molar-refractivity contribution in [2.75, 3.05) is 18.6 Å². The zero-order chi connectivity index (χ0) is 22.9. The summed E-state index contributed by atoms with van der Waals surface area (Å²) in [6.07, 6.45) is -4.73. The van der Waals surface area contributed by atoms with E-state index < -0.39 is 53.7 Å². The molecule has 1 fully saturated rings. The Bertz CT molecular complexity index is 1030. The molecule has 2 aromatic rings. The van der Waals surface area contributed by atoms with Crippen LogP contribution in [0.5, 0.6) is 5.75 Å². The number of nitrogens with zero attached hydrogens (tertiary/aromatic N) is 2. The Morgan fingerprint density at radius 3 is 2.39 bits per heavy atom. The molecule has 1 saturated heterocycles. The second kappa shape index (κ2) is 8.46. The lowest BCUT2D eigenvalue weighted by Gasteiger charge is -2.37. The molecule has 1 atom stereocenters. The Morgan fingerprint density at radius 1 is 1.19 bits per heavy atom. The minimum absolute atomic E-state index is 0.140. The van der Waals surface area contributed by atoms with Gasteiger partial charge in [0, 0.05) is 12.2 Å². The minimum atomic E-state index is -4.73. The summed E-state index contributed by atoms with van der Waals surface area (Å²) in [4.78, 5) is 38.9. The summed E-state index contributed by atoms with van der Waals surface area (Å²) >= 11 is 5.88. The van der Waals surface area contributed by atoms with Crippen LogP contribution in [0.1, 0.15) is 11.1 Å². The number of imide groups is 1. The second-order valence-electron chi connectivity index (χ2n) is 6.68. The SMILES string of the molecule is COc1ccc(N2CC(C(=O)O)C(=O)N(Cc3cccc(C(F)(F)F)c3Cl)C2=O)cc1. The quantitative estimate of drug-likeness (QED) is 0.686. The van der Waals surface area contributed by atoms with E-state index >= 15 is 0 Å². The maximum absolute atomic E-state index is 13.1. The molecule has 0 saturated carbocycles. The Morgan fingerprint density at radius 2 is 1.84 bits per heavy atom. The molecule has 0 spiro atoms. The van der Waals surface area contributed by atoms with Gasteiger partial charge < -0.3 is 9.84 Å². The van der Waals surface area contributed by atoms with Crippen molar-refractivity contribution in [1.29, 1.82) is 0 Å². The van der Waals surface area contributed by atoms with E-state index in [1.807, 2.05) is 0 Å². The third kappa shape index (κ3) is 4.43. The fourth-order valence-corrected chi connectivity index (χ4v) is 3.46. The number of carboxylic acid groups (broad SMARTS) is 1. The molecule has 1 aliphatic heterocycles. The van der Waals surface area contributed by atoms with Crippen LogP contribution < -0.4 is 9.64 Å². The Labute approximate surface area is 179 Å². The molecule has 0 bridgehead atoms. The lowest BCUT2D eigenvalue weighted by atomic mass is 10.0. The van der Waals surface area contributed by atoms with Crippen molar-refractivity contribution in [3.05, 3.63) is 58.6 Å². The van der Waals surface area contributed by atoms with E-state index in [2.05, 4.69) is 0 Å². The van der Waals surface area contributed by atoms with Gasteiger partial charge in [0.2, 0.25) is 5.91 Å². The van der Waals surface area contributed by atoms with Crippen molar-refractivity contribution < 1.29 is 37.4 Å². The third-order valence-corrected chi connectivity index (χ3v) is 5.23. The fourth-order valence-electron chi connectivity index (χ4n) is 3.17. The van der Waals surface area contributed by atoms with Crippen molar-refractivity contribution in [3.63, 3.8) is 0 Å². The summed E-state index contributed by atoms with van der Waals surface area (Å²) in [7, 11) is 1.45. The highest BCUT2D eigenvalue weighted by Gasteiger charge is 2.44. The molecule has 1 heterocycles. The molecule has 11 heteroatoms. The maximum atomic E-state index is 13.1. The van der Waals surface area contributed by atoms with Gasteiger partial charge in [0.25, 0.3) is 0 Å². The number of hydrogen-bond acceptors (Lipinski definition) is 4. The van der Waals surface area contributed by atoms with E-state index in [4.69, 9.17) is 16.3 Å². The molecular formula is C20H16ClF3N2O5. The van der Waals surface area contributed by atoms with Crippen molar-refractivity contribution in [2.24, 2.45) is 5.92 Å². The molecule has 2 aromatic carbocycles. The number of rotatable bonds is 5. The number of hydrogen-bond donors (Lipinski definition) is 1. The van der Waals surface area contributed by atoms with Crippen LogP contribution in [-0.4, -0.2) is 41.6 Å². The third-order valence-electron chi connectivity index (χ3n) is 4.79. The first-order chi connectivity index (χ1) is 14.5. The predicted molar refractivity (Wildman–Crippen MR) is 104 cm³/mol. The van der Waals surface area contributed by atoms with Gasteiger partial charge in [0.1, 0.15) is 5.75 Å². The van der Waals surface area contributed by atoms with Crippen LogP contribution in [0.25, 0.3) is 0 Å². The molecule has 31 heavy (non-hydrogen) atoms. The molecule has 0 radical (unpaired) electrons. The van der Waals surface area contributed by atoms with E-state index in [9.17, 15) is 32.7 Å². The van der Waals surface area contributed by atoms with Crippen LogP contribution in [0.3, 0.4) is 0 Å². The fraction of sp³-hybridized carbons (Fsp3) is 0.250. The largest absolute Gasteiger partial charge is 0.497 e. The van der Waals surface area contributed by atoms with Crippen LogP contribution in [0, 0.1) is 5.92 Å². The molecule has 164 valence electrons. The Balaban J connectivity index is 1.99. The number of carbonyl (C=O) groups is 3. The van der Waals surface area contributed by atoms with Crippen LogP contribution >= 0.6 is 11.6 Å². The maximum Gasteiger partial charge on any atom is 0.417 e. The van der Waals surface area contributed by atoms with Crippen molar-refractivity contribution in [3.8, 4) is 5.75 Å². The average molecular weight is 457 g/mol. The normalized spacial score (nSPS) is 17.1. The number of urea groups is 1. The van der Waals surface area contributed by atoms with Gasteiger partial charge in [0.05, 0.1) is 24.2 Å². The van der Waals surface area contributed by atoms with Gasteiger partial charge in [-0.3, -0.25) is 19.4 Å². The standard InChI is InChI=1S/C20H16ClF3N2O5/c1-31-13-7-5-12(6-8-13)25-10-14(18(28)29)17(27)26(19(25)30)9-11-3-2-4-15(16(11)21)20(22,23)24/h2-8,14H,9-10H2,1H3,(H,28,29). The predicted octanol–water partition coefficient (Wildman–Crippen LogP) is 4.04. The molecular weight excluding hydrogens is 441 g/mol. The number of alkyl halides is 3. The van der Waals surface area contributed by atoms with E-state index in [0.29, 0.717) is 16.3 Å². The molecule has 0 aromatic heterocycles. The summed E-state index contributed by atoms with van der Waals surface area (Å²) in [5, 5.41) is 8.79. The van der Waals surface area contributed by atoms with Crippen molar-refractivity contribution in [2.45, 2.75) is 12.7 Å². The molecule has 1 N–H and O–H groups in total. The topological polar surface area (TPSA) is 87.2 Å². The number of amides is 3. The molecule has 0 aliphatic carbocycles. The number of halogens is 4. The summed E-state index contributed by atoms with van der Waals surface area (Å²) < 4.78 is 44.5.